The Labute approximate surface area is 188 Å². The van der Waals surface area contributed by atoms with Gasteiger partial charge in [-0.15, -0.1) is 5.10 Å². The van der Waals surface area contributed by atoms with Gasteiger partial charge in [0, 0.05) is 10.6 Å². The van der Waals surface area contributed by atoms with Gasteiger partial charge in [-0.3, -0.25) is 14.9 Å². The zero-order valence-electron chi connectivity index (χ0n) is 17.1. The lowest BCUT2D eigenvalue weighted by Crippen LogP contribution is -2.12. The van der Waals surface area contributed by atoms with Crippen LogP contribution in [-0.4, -0.2) is 26.5 Å². The van der Waals surface area contributed by atoms with Crippen LogP contribution in [0.3, 0.4) is 0 Å². The molecule has 0 spiro atoms. The largest absolute Gasteiger partial charge is 0.486 e. The number of amides is 1. The molecule has 8 nitrogen and oxygen atoms in total. The summed E-state index contributed by atoms with van der Waals surface area (Å²) in [4.78, 5) is 27.9. The summed E-state index contributed by atoms with van der Waals surface area (Å²) in [6.45, 7) is 2.07. The van der Waals surface area contributed by atoms with Crippen molar-refractivity contribution in [3.05, 3.63) is 94.7 Å². The molecular weight excluding hydrogens is 432 g/mol. The van der Waals surface area contributed by atoms with Crippen molar-refractivity contribution in [3.63, 3.8) is 0 Å². The molecule has 0 aliphatic heterocycles. The number of furan rings is 1. The van der Waals surface area contributed by atoms with Crippen molar-refractivity contribution < 1.29 is 18.7 Å². The van der Waals surface area contributed by atoms with Gasteiger partial charge >= 0.3 is 0 Å². The quantitative estimate of drug-likeness (QED) is 0.393. The van der Waals surface area contributed by atoms with Crippen molar-refractivity contribution in [1.29, 1.82) is 0 Å². The van der Waals surface area contributed by atoms with Crippen LogP contribution in [0.5, 0.6) is 5.75 Å². The highest BCUT2D eigenvalue weighted by Crippen LogP contribution is 2.18. The van der Waals surface area contributed by atoms with Crippen LogP contribution in [0.15, 0.2) is 71.4 Å². The average Bonchev–Trinajstić information content (AvgIpc) is 3.44. The Bertz CT molecular complexity index is 1250. The van der Waals surface area contributed by atoms with E-state index >= 15 is 0 Å². The zero-order chi connectivity index (χ0) is 22.5. The second-order valence-corrected chi connectivity index (χ2v) is 7.35. The van der Waals surface area contributed by atoms with Crippen molar-refractivity contribution in [2.45, 2.75) is 20.1 Å². The fourth-order valence-corrected chi connectivity index (χ4v) is 3.11. The van der Waals surface area contributed by atoms with Gasteiger partial charge in [0.25, 0.3) is 5.91 Å². The van der Waals surface area contributed by atoms with E-state index in [0.29, 0.717) is 28.6 Å². The van der Waals surface area contributed by atoms with E-state index in [4.69, 9.17) is 20.8 Å². The first-order valence-corrected chi connectivity index (χ1v) is 10.1. The molecule has 2 aromatic carbocycles. The van der Waals surface area contributed by atoms with Crippen LogP contribution in [0, 0.1) is 0 Å². The number of Topliss-reactive ketones (excluding diaryl/α,β-unsaturated/α-hetero) is 1. The minimum Gasteiger partial charge on any atom is -0.486 e. The number of hydrogen-bond donors (Lipinski definition) is 1. The summed E-state index contributed by atoms with van der Waals surface area (Å²) in [6, 6.07) is 17.4. The van der Waals surface area contributed by atoms with E-state index in [1.165, 1.54) is 13.3 Å². The first kappa shape index (κ1) is 21.3. The molecule has 0 aliphatic rings. The molecule has 4 aromatic rings. The van der Waals surface area contributed by atoms with E-state index < -0.39 is 5.91 Å². The maximum Gasteiger partial charge on any atom is 0.293 e. The van der Waals surface area contributed by atoms with Gasteiger partial charge in [0.1, 0.15) is 24.4 Å². The molecule has 0 aliphatic carbocycles. The Morgan fingerprint density at radius 3 is 2.62 bits per heavy atom. The molecular formula is C23H19ClN4O4. The van der Waals surface area contributed by atoms with Crippen LogP contribution >= 0.6 is 11.6 Å². The van der Waals surface area contributed by atoms with E-state index in [2.05, 4.69) is 15.4 Å². The number of halogens is 1. The van der Waals surface area contributed by atoms with E-state index in [1.54, 1.807) is 47.1 Å². The number of hydrogen-bond acceptors (Lipinski definition) is 6. The zero-order valence-corrected chi connectivity index (χ0v) is 17.9. The van der Waals surface area contributed by atoms with Gasteiger partial charge in [-0.05, 0) is 55.0 Å². The molecule has 0 saturated carbocycles. The number of aromatic nitrogens is 3. The fourth-order valence-electron chi connectivity index (χ4n) is 2.91. The third-order valence-electron chi connectivity index (χ3n) is 4.58. The lowest BCUT2D eigenvalue weighted by Gasteiger charge is -2.04. The predicted octanol–water partition coefficient (Wildman–Crippen LogP) is 4.61. The molecule has 162 valence electrons. The average molecular weight is 451 g/mol. The first-order valence-electron chi connectivity index (χ1n) is 9.74. The second kappa shape index (κ2) is 9.49. The van der Waals surface area contributed by atoms with Crippen molar-refractivity contribution in [2.75, 3.05) is 5.32 Å². The molecule has 4 rings (SSSR count). The topological polar surface area (TPSA) is 99.2 Å². The number of ether oxygens (including phenoxy) is 1. The van der Waals surface area contributed by atoms with Crippen molar-refractivity contribution >= 4 is 29.2 Å². The van der Waals surface area contributed by atoms with Crippen LogP contribution in [-0.2, 0) is 13.2 Å². The number of rotatable bonds is 8. The van der Waals surface area contributed by atoms with Crippen LogP contribution < -0.4 is 10.1 Å². The van der Waals surface area contributed by atoms with Crippen molar-refractivity contribution in [3.8, 4) is 5.75 Å². The lowest BCUT2D eigenvalue weighted by molar-refractivity contribution is 0.0989. The van der Waals surface area contributed by atoms with E-state index in [-0.39, 0.29) is 24.1 Å². The minimum atomic E-state index is -0.474. The normalized spacial score (nSPS) is 10.7. The van der Waals surface area contributed by atoms with Gasteiger partial charge in [0.15, 0.2) is 11.5 Å². The third-order valence-corrected chi connectivity index (χ3v) is 4.95. The Kier molecular flexibility index (Phi) is 6.32. The number of nitrogens with one attached hydrogen (secondary N) is 1. The Morgan fingerprint density at radius 1 is 1.09 bits per heavy atom. The summed E-state index contributed by atoms with van der Waals surface area (Å²) < 4.78 is 12.8. The van der Waals surface area contributed by atoms with Gasteiger partial charge in [-0.25, -0.2) is 9.67 Å². The standard InChI is InChI=1S/C23H19ClN4O4/c1-15(29)16-6-8-18(9-7-16)31-13-19-10-11-21(32-19)22(30)26-23-25-14-28(27-23)12-17-4-2-3-5-20(17)24/h2-11,14H,12-13H2,1H3,(H,26,27,30). The third kappa shape index (κ3) is 5.22. The number of ketones is 1. The van der Waals surface area contributed by atoms with Crippen LogP contribution in [0.2, 0.25) is 5.02 Å². The summed E-state index contributed by atoms with van der Waals surface area (Å²) in [7, 11) is 0. The fraction of sp³-hybridized carbons (Fsp3) is 0.130. The molecule has 1 N–H and O–H groups in total. The molecule has 32 heavy (non-hydrogen) atoms. The maximum absolute atomic E-state index is 12.4. The van der Waals surface area contributed by atoms with Gasteiger partial charge < -0.3 is 9.15 Å². The van der Waals surface area contributed by atoms with Gasteiger partial charge in [0.2, 0.25) is 5.95 Å². The Balaban J connectivity index is 1.32. The number of benzene rings is 2. The Hall–Kier alpha value is -3.91. The van der Waals surface area contributed by atoms with Crippen LogP contribution in [0.4, 0.5) is 5.95 Å². The molecule has 9 heteroatoms. The molecule has 0 unspecified atom stereocenters. The Morgan fingerprint density at radius 2 is 1.88 bits per heavy atom. The van der Waals surface area contributed by atoms with Crippen LogP contribution in [0.25, 0.3) is 0 Å². The monoisotopic (exact) mass is 450 g/mol. The molecule has 0 bridgehead atoms. The maximum atomic E-state index is 12.4. The summed E-state index contributed by atoms with van der Waals surface area (Å²) in [5.74, 6) is 0.840. The van der Waals surface area contributed by atoms with E-state index in [0.717, 1.165) is 5.56 Å². The molecule has 0 saturated heterocycles. The highest BCUT2D eigenvalue weighted by Gasteiger charge is 2.14. The molecule has 2 aromatic heterocycles. The summed E-state index contributed by atoms with van der Waals surface area (Å²) in [6.07, 6.45) is 1.51. The SMILES string of the molecule is CC(=O)c1ccc(OCc2ccc(C(=O)Nc3ncn(Cc4ccccc4Cl)n3)o2)cc1. The van der Waals surface area contributed by atoms with E-state index in [1.807, 2.05) is 18.2 Å². The van der Waals surface area contributed by atoms with Crippen molar-refractivity contribution in [2.24, 2.45) is 0 Å². The van der Waals surface area contributed by atoms with Gasteiger partial charge in [-0.1, -0.05) is 29.8 Å². The minimum absolute atomic E-state index is 0.0126. The summed E-state index contributed by atoms with van der Waals surface area (Å²) >= 11 is 6.16. The highest BCUT2D eigenvalue weighted by atomic mass is 35.5. The highest BCUT2D eigenvalue weighted by molar-refractivity contribution is 6.31. The van der Waals surface area contributed by atoms with E-state index in [9.17, 15) is 9.59 Å². The number of carbonyl (C=O) groups is 2. The predicted molar refractivity (Wildman–Crippen MR) is 118 cm³/mol. The molecule has 0 radical (unpaired) electrons. The number of anilines is 1. The summed E-state index contributed by atoms with van der Waals surface area (Å²) in [5.41, 5.74) is 1.50. The van der Waals surface area contributed by atoms with Gasteiger partial charge in [-0.2, -0.15) is 0 Å². The molecule has 2 heterocycles. The molecule has 0 atom stereocenters. The smallest absolute Gasteiger partial charge is 0.293 e. The first-order chi connectivity index (χ1) is 15.5. The molecule has 0 fully saturated rings. The van der Waals surface area contributed by atoms with Crippen LogP contribution in [0.1, 0.15) is 39.2 Å². The summed E-state index contributed by atoms with van der Waals surface area (Å²) in [5, 5.41) is 7.47. The van der Waals surface area contributed by atoms with Gasteiger partial charge in [0.05, 0.1) is 6.54 Å². The number of carbonyl (C=O) groups excluding carboxylic acids is 2. The second-order valence-electron chi connectivity index (χ2n) is 6.95. The number of nitrogens with zero attached hydrogens (tertiary/aromatic N) is 3. The lowest BCUT2D eigenvalue weighted by atomic mass is 10.1. The molecule has 1 amide bonds. The van der Waals surface area contributed by atoms with Crippen molar-refractivity contribution in [1.82, 2.24) is 14.8 Å².